The first-order valence-corrected chi connectivity index (χ1v) is 13.1. The van der Waals surface area contributed by atoms with E-state index in [2.05, 4.69) is 5.32 Å². The molecule has 1 aromatic heterocycles. The highest BCUT2D eigenvalue weighted by atomic mass is 35.5. The monoisotopic (exact) mass is 562 g/mol. The van der Waals surface area contributed by atoms with Crippen LogP contribution in [0.25, 0.3) is 5.69 Å². The zero-order valence-electron chi connectivity index (χ0n) is 21.6. The van der Waals surface area contributed by atoms with Crippen LogP contribution in [0.3, 0.4) is 0 Å². The van der Waals surface area contributed by atoms with Crippen molar-refractivity contribution in [3.05, 3.63) is 93.2 Å². The van der Waals surface area contributed by atoms with E-state index in [9.17, 15) is 9.59 Å². The maximum Gasteiger partial charge on any atom is 0.280 e. The van der Waals surface area contributed by atoms with Crippen molar-refractivity contribution in [2.45, 2.75) is 25.3 Å². The van der Waals surface area contributed by atoms with Gasteiger partial charge in [-0.1, -0.05) is 55.2 Å². The summed E-state index contributed by atoms with van der Waals surface area (Å²) >= 11 is 12.7. The summed E-state index contributed by atoms with van der Waals surface area (Å²) in [4.78, 5) is 30.2. The van der Waals surface area contributed by atoms with Gasteiger partial charge < -0.3 is 14.8 Å². The van der Waals surface area contributed by atoms with Crippen LogP contribution in [0, 0.1) is 0 Å². The molecule has 1 unspecified atom stereocenters. The molecule has 0 aliphatic carbocycles. The second-order valence-corrected chi connectivity index (χ2v) is 10.5. The van der Waals surface area contributed by atoms with E-state index in [0.29, 0.717) is 55.4 Å². The number of para-hydroxylation sites is 2. The fourth-order valence-corrected chi connectivity index (χ4v) is 6.04. The number of carbonyl (C=O) groups is 2. The first kappa shape index (κ1) is 25.3. The van der Waals surface area contributed by atoms with Gasteiger partial charge in [0.1, 0.15) is 17.2 Å². The second kappa shape index (κ2) is 9.03. The smallest absolute Gasteiger partial charge is 0.280 e. The van der Waals surface area contributed by atoms with Gasteiger partial charge in [-0.3, -0.25) is 14.5 Å². The maximum absolute atomic E-state index is 14.4. The van der Waals surface area contributed by atoms with Gasteiger partial charge in [-0.25, -0.2) is 4.68 Å². The predicted octanol–water partition coefficient (Wildman–Crippen LogP) is 6.18. The molecule has 0 bridgehead atoms. The molecule has 0 radical (unpaired) electrons. The van der Waals surface area contributed by atoms with E-state index in [0.717, 1.165) is 0 Å². The molecule has 2 aliphatic rings. The molecule has 1 N–H and O–H groups in total. The van der Waals surface area contributed by atoms with Gasteiger partial charge in [-0.2, -0.15) is 5.10 Å². The number of carbonyl (C=O) groups excluding carboxylic acids is 2. The average Bonchev–Trinajstić information content (AvgIpc) is 3.52. The number of halogens is 2. The van der Waals surface area contributed by atoms with Gasteiger partial charge in [0.25, 0.3) is 11.8 Å². The summed E-state index contributed by atoms with van der Waals surface area (Å²) in [5.41, 5.74) is 1.85. The molecule has 39 heavy (non-hydrogen) atoms. The molecule has 8 nitrogen and oxygen atoms in total. The summed E-state index contributed by atoms with van der Waals surface area (Å²) in [6.45, 7) is 4.00. The topological polar surface area (TPSA) is 85.7 Å². The number of hydrogen-bond donors (Lipinski definition) is 1. The molecule has 2 amide bonds. The van der Waals surface area contributed by atoms with Crippen LogP contribution in [0.2, 0.25) is 10.0 Å². The Bertz CT molecular complexity index is 1680. The van der Waals surface area contributed by atoms with Gasteiger partial charge in [0.15, 0.2) is 11.2 Å². The number of methoxy groups -OCH3 is 2. The highest BCUT2D eigenvalue weighted by Crippen LogP contribution is 2.56. The van der Waals surface area contributed by atoms with Crippen molar-refractivity contribution in [3.8, 4) is 17.2 Å². The van der Waals surface area contributed by atoms with Crippen molar-refractivity contribution < 1.29 is 19.1 Å². The largest absolute Gasteiger partial charge is 0.495 e. The Hall–Kier alpha value is -4.01. The first-order valence-electron chi connectivity index (χ1n) is 12.3. The first-order chi connectivity index (χ1) is 18.7. The standard InChI is InChI=1S/C29H24Cl2N4O4/c1-15(2)26-24-25(33-35(26)20-7-5-6-8-22(20)38-3)27(36)34(21-14-17(31)10-12-23(21)39-4)29(24)18-11-9-16(30)13-19(18)32-28(29)37/h5-15H,1-4H3,(H,32,37). The third-order valence-electron chi connectivity index (χ3n) is 7.21. The Labute approximate surface area is 235 Å². The molecule has 4 aromatic rings. The molecule has 6 rings (SSSR count). The predicted molar refractivity (Wildman–Crippen MR) is 150 cm³/mol. The zero-order chi connectivity index (χ0) is 27.6. The number of ether oxygens (including phenoxy) is 2. The molecule has 0 fully saturated rings. The van der Waals surface area contributed by atoms with Gasteiger partial charge in [0.05, 0.1) is 25.6 Å². The number of aromatic nitrogens is 2. The van der Waals surface area contributed by atoms with Gasteiger partial charge in [0, 0.05) is 26.9 Å². The number of fused-ring (bicyclic) bond motifs is 4. The summed E-state index contributed by atoms with van der Waals surface area (Å²) in [5, 5.41) is 8.64. The molecule has 0 saturated heterocycles. The quantitative estimate of drug-likeness (QED) is 0.314. The van der Waals surface area contributed by atoms with Crippen LogP contribution in [0.4, 0.5) is 11.4 Å². The summed E-state index contributed by atoms with van der Waals surface area (Å²) in [6.07, 6.45) is 0. The summed E-state index contributed by atoms with van der Waals surface area (Å²) in [7, 11) is 3.08. The number of nitrogens with zero attached hydrogens (tertiary/aromatic N) is 3. The minimum Gasteiger partial charge on any atom is -0.495 e. The van der Waals surface area contributed by atoms with Crippen molar-refractivity contribution >= 4 is 46.4 Å². The van der Waals surface area contributed by atoms with Crippen molar-refractivity contribution in [3.63, 3.8) is 0 Å². The molecular formula is C29H24Cl2N4O4. The second-order valence-electron chi connectivity index (χ2n) is 9.66. The van der Waals surface area contributed by atoms with Crippen LogP contribution < -0.4 is 19.7 Å². The van der Waals surface area contributed by atoms with E-state index in [4.69, 9.17) is 37.8 Å². The lowest BCUT2D eigenvalue weighted by atomic mass is 9.81. The fraction of sp³-hybridized carbons (Fsp3) is 0.207. The number of amides is 2. The summed E-state index contributed by atoms with van der Waals surface area (Å²) < 4.78 is 13.0. The van der Waals surface area contributed by atoms with Gasteiger partial charge >= 0.3 is 0 Å². The Morgan fingerprint density at radius 2 is 1.56 bits per heavy atom. The lowest BCUT2D eigenvalue weighted by molar-refractivity contribution is -0.119. The number of benzene rings is 3. The Kier molecular flexibility index (Phi) is 5.86. The number of hydrogen-bond acceptors (Lipinski definition) is 5. The van der Waals surface area contributed by atoms with Crippen molar-refractivity contribution in [1.82, 2.24) is 9.78 Å². The van der Waals surface area contributed by atoms with E-state index in [1.165, 1.54) is 12.0 Å². The van der Waals surface area contributed by atoms with Crippen LogP contribution in [0.15, 0.2) is 60.7 Å². The SMILES string of the molecule is COc1ccc(Cl)cc1N1C(=O)c2nn(-c3ccccc3OC)c(C(C)C)c2C12C(=O)Nc1cc(Cl)ccc12. The van der Waals surface area contributed by atoms with Crippen LogP contribution >= 0.6 is 23.2 Å². The number of nitrogens with one attached hydrogen (secondary N) is 1. The minimum absolute atomic E-state index is 0.138. The molecule has 3 heterocycles. The number of rotatable bonds is 5. The zero-order valence-corrected chi connectivity index (χ0v) is 23.1. The van der Waals surface area contributed by atoms with Crippen molar-refractivity contribution in [1.29, 1.82) is 0 Å². The molecule has 3 aromatic carbocycles. The number of anilines is 2. The molecular weight excluding hydrogens is 539 g/mol. The van der Waals surface area contributed by atoms with Crippen LogP contribution in [0.5, 0.6) is 11.5 Å². The molecule has 0 saturated carbocycles. The van der Waals surface area contributed by atoms with E-state index in [1.807, 2.05) is 38.1 Å². The van der Waals surface area contributed by atoms with Crippen molar-refractivity contribution in [2.75, 3.05) is 24.4 Å². The molecule has 10 heteroatoms. The van der Waals surface area contributed by atoms with E-state index < -0.39 is 17.4 Å². The maximum atomic E-state index is 14.4. The fourth-order valence-electron chi connectivity index (χ4n) is 5.70. The van der Waals surface area contributed by atoms with Gasteiger partial charge in [0.2, 0.25) is 0 Å². The molecule has 1 spiro atoms. The minimum atomic E-state index is -1.59. The van der Waals surface area contributed by atoms with Gasteiger partial charge in [-0.15, -0.1) is 0 Å². The van der Waals surface area contributed by atoms with Gasteiger partial charge in [-0.05, 0) is 48.4 Å². The summed E-state index contributed by atoms with van der Waals surface area (Å²) in [6, 6.07) is 17.5. The third-order valence-corrected chi connectivity index (χ3v) is 7.68. The van der Waals surface area contributed by atoms with Crippen LogP contribution in [-0.2, 0) is 10.3 Å². The summed E-state index contributed by atoms with van der Waals surface area (Å²) in [5.74, 6) is -0.0367. The molecule has 2 aliphatic heterocycles. The van der Waals surface area contributed by atoms with E-state index >= 15 is 0 Å². The molecule has 1 atom stereocenters. The third kappa shape index (κ3) is 3.41. The normalized spacial score (nSPS) is 17.6. The van der Waals surface area contributed by atoms with E-state index in [-0.39, 0.29) is 11.6 Å². The highest BCUT2D eigenvalue weighted by molar-refractivity contribution is 6.32. The Balaban J connectivity index is 1.75. The Morgan fingerprint density at radius 3 is 2.28 bits per heavy atom. The van der Waals surface area contributed by atoms with E-state index in [1.54, 1.807) is 48.2 Å². The average molecular weight is 563 g/mol. The lowest BCUT2D eigenvalue weighted by Crippen LogP contribution is -2.51. The highest BCUT2D eigenvalue weighted by Gasteiger charge is 2.64. The molecule has 198 valence electrons. The van der Waals surface area contributed by atoms with Crippen LogP contribution in [0.1, 0.15) is 47.1 Å². The Morgan fingerprint density at radius 1 is 0.897 bits per heavy atom. The van der Waals surface area contributed by atoms with Crippen molar-refractivity contribution in [2.24, 2.45) is 0 Å². The lowest BCUT2D eigenvalue weighted by Gasteiger charge is -2.36. The van der Waals surface area contributed by atoms with Crippen LogP contribution in [-0.4, -0.2) is 35.8 Å².